The third-order valence-electron chi connectivity index (χ3n) is 3.47. The topological polar surface area (TPSA) is 21.7 Å². The van der Waals surface area contributed by atoms with Gasteiger partial charge in [0.2, 0.25) is 0 Å². The van der Waals surface area contributed by atoms with E-state index in [1.165, 1.54) is 0 Å². The first kappa shape index (κ1) is 17.4. The Bertz CT molecular complexity index is 628. The molecule has 4 heteroatoms. The van der Waals surface area contributed by atoms with Crippen LogP contribution in [-0.4, -0.2) is 37.2 Å². The molecule has 0 saturated heterocycles. The molecule has 0 bridgehead atoms. The summed E-state index contributed by atoms with van der Waals surface area (Å²) in [5, 5.41) is 0.615. The minimum atomic E-state index is 0.0477. The molecule has 0 aromatic heterocycles. The highest BCUT2D eigenvalue weighted by Crippen LogP contribution is 2.26. The Morgan fingerprint density at radius 1 is 1.04 bits per heavy atom. The molecule has 0 N–H and O–H groups in total. The van der Waals surface area contributed by atoms with Crippen LogP contribution >= 0.6 is 12.2 Å². The maximum absolute atomic E-state index is 5.87. The summed E-state index contributed by atoms with van der Waals surface area (Å²) in [6, 6.07) is 17.7. The smallest absolute Gasteiger partial charge is 0.166 e. The molecule has 1 unspecified atom stereocenters. The van der Waals surface area contributed by atoms with Crippen molar-refractivity contribution in [1.82, 2.24) is 4.90 Å². The van der Waals surface area contributed by atoms with Crippen LogP contribution in [0.2, 0.25) is 0 Å². The fourth-order valence-corrected chi connectivity index (χ4v) is 2.28. The normalized spacial score (nSPS) is 12.0. The summed E-state index contributed by atoms with van der Waals surface area (Å²) >= 11 is 5.40. The molecular weight excluding hydrogens is 306 g/mol. The molecule has 0 heterocycles. The van der Waals surface area contributed by atoms with E-state index in [1.807, 2.05) is 68.7 Å². The molecule has 0 saturated carbocycles. The van der Waals surface area contributed by atoms with Crippen LogP contribution in [0.1, 0.15) is 18.4 Å². The molecule has 0 aliphatic rings. The van der Waals surface area contributed by atoms with Crippen molar-refractivity contribution in [2.24, 2.45) is 0 Å². The van der Waals surface area contributed by atoms with Gasteiger partial charge in [0.05, 0.1) is 0 Å². The molecular formula is C19H23NO2S. The lowest BCUT2D eigenvalue weighted by Gasteiger charge is -2.17. The van der Waals surface area contributed by atoms with E-state index in [1.54, 1.807) is 0 Å². The minimum absolute atomic E-state index is 0.0477. The second-order valence-corrected chi connectivity index (χ2v) is 6.08. The van der Waals surface area contributed by atoms with Gasteiger partial charge in [-0.25, -0.2) is 0 Å². The number of likely N-dealkylation sites (N-methyl/N-ethyl adjacent to an activating group) is 1. The number of hydrogen-bond acceptors (Lipinski definition) is 4. The molecule has 0 spiro atoms. The molecule has 1 atom stereocenters. The van der Waals surface area contributed by atoms with E-state index in [9.17, 15) is 0 Å². The molecule has 3 nitrogen and oxygen atoms in total. The minimum Gasteiger partial charge on any atom is -0.485 e. The highest BCUT2D eigenvalue weighted by molar-refractivity contribution is 7.80. The molecule has 2 rings (SSSR count). The van der Waals surface area contributed by atoms with Crippen molar-refractivity contribution < 1.29 is 9.47 Å². The van der Waals surface area contributed by atoms with Crippen LogP contribution in [0.25, 0.3) is 0 Å². The van der Waals surface area contributed by atoms with Crippen LogP contribution in [0.4, 0.5) is 0 Å². The SMILES string of the molecule is CC(C(=S)OCCN(C)C)c1cccc(Oc2ccccc2)c1. The molecule has 2 aromatic rings. The van der Waals surface area contributed by atoms with Crippen molar-refractivity contribution in [3.05, 3.63) is 60.2 Å². The van der Waals surface area contributed by atoms with Gasteiger partial charge in [-0.3, -0.25) is 0 Å². The number of hydrogen-bond donors (Lipinski definition) is 0. The first-order valence-electron chi connectivity index (χ1n) is 7.70. The van der Waals surface area contributed by atoms with Gasteiger partial charge in [-0.1, -0.05) is 37.3 Å². The van der Waals surface area contributed by atoms with E-state index < -0.39 is 0 Å². The highest BCUT2D eigenvalue weighted by atomic mass is 32.1. The average Bonchev–Trinajstić information content (AvgIpc) is 2.55. The maximum Gasteiger partial charge on any atom is 0.166 e. The Hall–Kier alpha value is -1.91. The molecule has 0 aliphatic heterocycles. The van der Waals surface area contributed by atoms with Gasteiger partial charge >= 0.3 is 0 Å². The van der Waals surface area contributed by atoms with Crippen molar-refractivity contribution in [3.63, 3.8) is 0 Å². The van der Waals surface area contributed by atoms with E-state index >= 15 is 0 Å². The first-order chi connectivity index (χ1) is 11.1. The predicted octanol–water partition coefficient (Wildman–Crippen LogP) is 4.49. The van der Waals surface area contributed by atoms with E-state index in [0.717, 1.165) is 23.6 Å². The van der Waals surface area contributed by atoms with Crippen LogP contribution in [-0.2, 0) is 4.74 Å². The Labute approximate surface area is 143 Å². The largest absolute Gasteiger partial charge is 0.485 e. The average molecular weight is 329 g/mol. The number of thiocarbonyl (C=S) groups is 1. The van der Waals surface area contributed by atoms with Gasteiger partial charge in [-0.15, -0.1) is 0 Å². The molecule has 0 amide bonds. The lowest BCUT2D eigenvalue weighted by atomic mass is 10.0. The molecule has 2 aromatic carbocycles. The van der Waals surface area contributed by atoms with Crippen molar-refractivity contribution >= 4 is 17.3 Å². The summed E-state index contributed by atoms with van der Waals surface area (Å²) in [5.41, 5.74) is 1.09. The molecule has 0 aliphatic carbocycles. The van der Waals surface area contributed by atoms with Gasteiger partial charge in [-0.05, 0) is 56.1 Å². The number of benzene rings is 2. The predicted molar refractivity (Wildman–Crippen MR) is 98.5 cm³/mol. The molecule has 0 fully saturated rings. The second-order valence-electron chi connectivity index (χ2n) is 5.68. The fourth-order valence-electron chi connectivity index (χ4n) is 2.06. The quantitative estimate of drug-likeness (QED) is 0.698. The van der Waals surface area contributed by atoms with E-state index in [0.29, 0.717) is 11.7 Å². The third kappa shape index (κ3) is 5.66. The van der Waals surface area contributed by atoms with Crippen LogP contribution < -0.4 is 4.74 Å². The van der Waals surface area contributed by atoms with Gasteiger partial charge in [0.15, 0.2) is 5.05 Å². The summed E-state index contributed by atoms with van der Waals surface area (Å²) in [6.07, 6.45) is 0. The fraction of sp³-hybridized carbons (Fsp3) is 0.316. The Morgan fingerprint density at radius 3 is 2.43 bits per heavy atom. The van der Waals surface area contributed by atoms with Gasteiger partial charge in [0, 0.05) is 12.5 Å². The number of para-hydroxylation sites is 1. The third-order valence-corrected chi connectivity index (χ3v) is 3.94. The summed E-state index contributed by atoms with van der Waals surface area (Å²) in [5.74, 6) is 1.67. The molecule has 23 heavy (non-hydrogen) atoms. The van der Waals surface area contributed by atoms with Gasteiger partial charge in [0.1, 0.15) is 18.1 Å². The molecule has 0 radical (unpaired) electrons. The lowest BCUT2D eigenvalue weighted by molar-refractivity contribution is 0.249. The monoisotopic (exact) mass is 329 g/mol. The Balaban J connectivity index is 1.99. The summed E-state index contributed by atoms with van der Waals surface area (Å²) < 4.78 is 11.5. The number of nitrogens with zero attached hydrogens (tertiary/aromatic N) is 1. The zero-order valence-corrected chi connectivity index (χ0v) is 14.7. The van der Waals surface area contributed by atoms with E-state index in [4.69, 9.17) is 21.7 Å². The zero-order valence-electron chi connectivity index (χ0n) is 13.9. The van der Waals surface area contributed by atoms with Crippen LogP contribution in [0.5, 0.6) is 11.5 Å². The summed E-state index contributed by atoms with van der Waals surface area (Å²) in [7, 11) is 4.03. The molecule has 122 valence electrons. The van der Waals surface area contributed by atoms with Crippen molar-refractivity contribution in [2.45, 2.75) is 12.8 Å². The van der Waals surface area contributed by atoms with Crippen LogP contribution in [0, 0.1) is 0 Å². The Morgan fingerprint density at radius 2 is 1.74 bits per heavy atom. The van der Waals surface area contributed by atoms with E-state index in [2.05, 4.69) is 11.8 Å². The zero-order chi connectivity index (χ0) is 16.7. The van der Waals surface area contributed by atoms with Crippen LogP contribution in [0.15, 0.2) is 54.6 Å². The first-order valence-corrected chi connectivity index (χ1v) is 8.11. The number of rotatable bonds is 7. The standard InChI is InChI=1S/C19H23NO2S/c1-15(19(23)21-13-12-20(2)3)16-8-7-11-18(14-16)22-17-9-5-4-6-10-17/h4-11,14-15H,12-13H2,1-3H3. The lowest BCUT2D eigenvalue weighted by Crippen LogP contribution is -2.21. The van der Waals surface area contributed by atoms with Gasteiger partial charge < -0.3 is 14.4 Å². The summed E-state index contributed by atoms with van der Waals surface area (Å²) in [4.78, 5) is 2.07. The van der Waals surface area contributed by atoms with E-state index in [-0.39, 0.29) is 5.92 Å². The van der Waals surface area contributed by atoms with Crippen molar-refractivity contribution in [2.75, 3.05) is 27.2 Å². The van der Waals surface area contributed by atoms with Crippen molar-refractivity contribution in [3.8, 4) is 11.5 Å². The highest BCUT2D eigenvalue weighted by Gasteiger charge is 2.13. The number of ether oxygens (including phenoxy) is 2. The van der Waals surface area contributed by atoms with Crippen molar-refractivity contribution in [1.29, 1.82) is 0 Å². The van der Waals surface area contributed by atoms with Gasteiger partial charge in [0.25, 0.3) is 0 Å². The van der Waals surface area contributed by atoms with Crippen LogP contribution in [0.3, 0.4) is 0 Å². The van der Waals surface area contributed by atoms with Gasteiger partial charge in [-0.2, -0.15) is 0 Å². The Kier molecular flexibility index (Phi) is 6.56. The summed E-state index contributed by atoms with van der Waals surface area (Å²) in [6.45, 7) is 3.51. The second kappa shape index (κ2) is 8.65. The maximum atomic E-state index is 5.87.